The van der Waals surface area contributed by atoms with Crippen LogP contribution in [0.3, 0.4) is 0 Å². The van der Waals surface area contributed by atoms with Crippen molar-refractivity contribution in [3.8, 4) is 11.5 Å². The molecule has 114 valence electrons. The number of nitrogens with zero attached hydrogens (tertiary/aromatic N) is 2. The molecule has 2 rings (SSSR count). The van der Waals surface area contributed by atoms with Crippen molar-refractivity contribution in [3.05, 3.63) is 41.7 Å². The van der Waals surface area contributed by atoms with E-state index in [-0.39, 0.29) is 6.04 Å². The molecular weight excluding hydrogens is 266 g/mol. The predicted molar refractivity (Wildman–Crippen MR) is 83.0 cm³/mol. The third-order valence-corrected chi connectivity index (χ3v) is 3.52. The number of aromatic nitrogens is 2. The van der Waals surface area contributed by atoms with E-state index in [0.29, 0.717) is 0 Å². The monoisotopic (exact) mass is 289 g/mol. The molecule has 0 amide bonds. The van der Waals surface area contributed by atoms with Crippen LogP contribution in [0.4, 0.5) is 0 Å². The molecule has 0 bridgehead atoms. The summed E-state index contributed by atoms with van der Waals surface area (Å²) in [7, 11) is 5.29. The molecule has 0 saturated carbocycles. The number of hydrogen-bond donors (Lipinski definition) is 1. The molecule has 0 saturated heterocycles. The predicted octanol–water partition coefficient (Wildman–Crippen LogP) is 2.62. The van der Waals surface area contributed by atoms with Crippen LogP contribution >= 0.6 is 0 Å². The van der Waals surface area contributed by atoms with Gasteiger partial charge in [0.15, 0.2) is 0 Å². The van der Waals surface area contributed by atoms with Gasteiger partial charge in [-0.3, -0.25) is 4.68 Å². The van der Waals surface area contributed by atoms with E-state index in [0.717, 1.165) is 35.7 Å². The first-order chi connectivity index (χ1) is 10.2. The van der Waals surface area contributed by atoms with Crippen LogP contribution < -0.4 is 14.8 Å². The fourth-order valence-electron chi connectivity index (χ4n) is 2.51. The van der Waals surface area contributed by atoms with E-state index < -0.39 is 0 Å². The molecule has 0 aliphatic carbocycles. The lowest BCUT2D eigenvalue weighted by atomic mass is 10.0. The van der Waals surface area contributed by atoms with Gasteiger partial charge in [0, 0.05) is 18.3 Å². The molecule has 0 spiro atoms. The molecule has 1 aromatic carbocycles. The zero-order chi connectivity index (χ0) is 15.2. The van der Waals surface area contributed by atoms with Crippen molar-refractivity contribution < 1.29 is 9.47 Å². The zero-order valence-corrected chi connectivity index (χ0v) is 13.1. The van der Waals surface area contributed by atoms with Crippen LogP contribution in [0.2, 0.25) is 0 Å². The lowest BCUT2D eigenvalue weighted by Gasteiger charge is -2.21. The Labute approximate surface area is 125 Å². The maximum absolute atomic E-state index is 5.50. The summed E-state index contributed by atoms with van der Waals surface area (Å²) in [5.74, 6) is 1.65. The first kappa shape index (κ1) is 15.4. The van der Waals surface area contributed by atoms with Gasteiger partial charge >= 0.3 is 0 Å². The first-order valence-electron chi connectivity index (χ1n) is 7.16. The van der Waals surface area contributed by atoms with Crippen LogP contribution in [-0.2, 0) is 6.54 Å². The van der Waals surface area contributed by atoms with Gasteiger partial charge in [-0.25, -0.2) is 0 Å². The van der Waals surface area contributed by atoms with E-state index in [4.69, 9.17) is 9.47 Å². The van der Waals surface area contributed by atoms with Crippen LogP contribution in [0.1, 0.15) is 30.6 Å². The maximum Gasteiger partial charge on any atom is 0.124 e. The molecule has 2 aromatic rings. The van der Waals surface area contributed by atoms with Crippen LogP contribution in [0, 0.1) is 0 Å². The number of benzene rings is 1. The van der Waals surface area contributed by atoms with Crippen molar-refractivity contribution in [2.45, 2.75) is 25.9 Å². The van der Waals surface area contributed by atoms with Crippen LogP contribution in [0.15, 0.2) is 30.5 Å². The molecule has 1 N–H and O–H groups in total. The lowest BCUT2D eigenvalue weighted by molar-refractivity contribution is 0.393. The Bertz CT molecular complexity index is 581. The molecule has 21 heavy (non-hydrogen) atoms. The highest BCUT2D eigenvalue weighted by Crippen LogP contribution is 2.32. The number of ether oxygens (including phenoxy) is 2. The summed E-state index contributed by atoms with van der Waals surface area (Å²) >= 11 is 0. The normalized spacial score (nSPS) is 12.2. The molecule has 1 heterocycles. The maximum atomic E-state index is 5.50. The molecule has 0 fully saturated rings. The van der Waals surface area contributed by atoms with E-state index in [1.165, 1.54) is 0 Å². The summed E-state index contributed by atoms with van der Waals surface area (Å²) in [6.07, 6.45) is 2.88. The molecule has 5 nitrogen and oxygen atoms in total. The van der Waals surface area contributed by atoms with Crippen molar-refractivity contribution in [1.29, 1.82) is 0 Å². The Morgan fingerprint density at radius 1 is 1.24 bits per heavy atom. The topological polar surface area (TPSA) is 48.3 Å². The van der Waals surface area contributed by atoms with E-state index in [1.54, 1.807) is 14.2 Å². The zero-order valence-electron chi connectivity index (χ0n) is 13.1. The van der Waals surface area contributed by atoms with Crippen molar-refractivity contribution in [3.63, 3.8) is 0 Å². The molecule has 1 atom stereocenters. The van der Waals surface area contributed by atoms with Gasteiger partial charge in [-0.1, -0.05) is 6.92 Å². The third kappa shape index (κ3) is 3.19. The second kappa shape index (κ2) is 7.13. The largest absolute Gasteiger partial charge is 0.497 e. The van der Waals surface area contributed by atoms with Gasteiger partial charge in [0.25, 0.3) is 0 Å². The highest BCUT2D eigenvalue weighted by molar-refractivity contribution is 5.45. The third-order valence-electron chi connectivity index (χ3n) is 3.52. The van der Waals surface area contributed by atoms with E-state index in [2.05, 4.69) is 17.3 Å². The average molecular weight is 289 g/mol. The highest BCUT2D eigenvalue weighted by Gasteiger charge is 2.20. The van der Waals surface area contributed by atoms with Crippen LogP contribution in [0.25, 0.3) is 0 Å². The van der Waals surface area contributed by atoms with Gasteiger partial charge in [0.05, 0.1) is 26.0 Å². The van der Waals surface area contributed by atoms with Crippen molar-refractivity contribution in [2.24, 2.45) is 0 Å². The van der Waals surface area contributed by atoms with Gasteiger partial charge in [-0.15, -0.1) is 0 Å². The summed E-state index contributed by atoms with van der Waals surface area (Å²) in [5.41, 5.74) is 2.16. The SMILES string of the molecule is CCCn1nccc1C(NC)c1cc(OC)ccc1OC. The van der Waals surface area contributed by atoms with Gasteiger partial charge in [0.1, 0.15) is 11.5 Å². The molecule has 1 aromatic heterocycles. The second-order valence-corrected chi connectivity index (χ2v) is 4.81. The van der Waals surface area contributed by atoms with E-state index >= 15 is 0 Å². The van der Waals surface area contributed by atoms with E-state index in [9.17, 15) is 0 Å². The quantitative estimate of drug-likeness (QED) is 0.851. The van der Waals surface area contributed by atoms with Crippen molar-refractivity contribution in [1.82, 2.24) is 15.1 Å². The minimum atomic E-state index is 0.00380. The number of methoxy groups -OCH3 is 2. The summed E-state index contributed by atoms with van der Waals surface area (Å²) in [5, 5.41) is 7.75. The Hall–Kier alpha value is -2.01. The summed E-state index contributed by atoms with van der Waals surface area (Å²) < 4.78 is 12.9. The second-order valence-electron chi connectivity index (χ2n) is 4.81. The van der Waals surface area contributed by atoms with Crippen LogP contribution in [0.5, 0.6) is 11.5 Å². The van der Waals surface area contributed by atoms with Crippen molar-refractivity contribution in [2.75, 3.05) is 21.3 Å². The minimum absolute atomic E-state index is 0.00380. The number of aryl methyl sites for hydroxylation is 1. The highest BCUT2D eigenvalue weighted by atomic mass is 16.5. The fourth-order valence-corrected chi connectivity index (χ4v) is 2.51. The summed E-state index contributed by atoms with van der Waals surface area (Å²) in [6, 6.07) is 7.88. The van der Waals surface area contributed by atoms with Gasteiger partial charge in [0.2, 0.25) is 0 Å². The van der Waals surface area contributed by atoms with Gasteiger partial charge in [-0.05, 0) is 37.7 Å². The summed E-state index contributed by atoms with van der Waals surface area (Å²) in [6.45, 7) is 3.04. The summed E-state index contributed by atoms with van der Waals surface area (Å²) in [4.78, 5) is 0. The Balaban J connectivity index is 2.47. The van der Waals surface area contributed by atoms with Gasteiger partial charge in [-0.2, -0.15) is 5.10 Å². The van der Waals surface area contributed by atoms with Crippen LogP contribution in [-0.4, -0.2) is 31.0 Å². The first-order valence-corrected chi connectivity index (χ1v) is 7.16. The minimum Gasteiger partial charge on any atom is -0.497 e. The Kier molecular flexibility index (Phi) is 5.22. The molecule has 0 aliphatic rings. The molecular formula is C16H23N3O2. The Morgan fingerprint density at radius 3 is 2.67 bits per heavy atom. The standard InChI is InChI=1S/C16H23N3O2/c1-5-10-19-14(8-9-18-19)16(17-2)13-11-12(20-3)6-7-15(13)21-4/h6-9,11,16-17H,5,10H2,1-4H3. The number of hydrogen-bond acceptors (Lipinski definition) is 4. The molecule has 1 unspecified atom stereocenters. The average Bonchev–Trinajstić information content (AvgIpc) is 2.96. The van der Waals surface area contributed by atoms with Gasteiger partial charge < -0.3 is 14.8 Å². The Morgan fingerprint density at radius 2 is 2.05 bits per heavy atom. The van der Waals surface area contributed by atoms with Crippen molar-refractivity contribution >= 4 is 0 Å². The lowest BCUT2D eigenvalue weighted by Crippen LogP contribution is -2.22. The molecule has 0 radical (unpaired) electrons. The smallest absolute Gasteiger partial charge is 0.124 e. The fraction of sp³-hybridized carbons (Fsp3) is 0.438. The molecule has 5 heteroatoms. The number of rotatable bonds is 7. The van der Waals surface area contributed by atoms with E-state index in [1.807, 2.05) is 42.2 Å². The molecule has 0 aliphatic heterocycles. The number of nitrogens with one attached hydrogen (secondary N) is 1.